The number of benzene rings is 1. The van der Waals surface area contributed by atoms with Gasteiger partial charge >= 0.3 is 5.69 Å². The summed E-state index contributed by atoms with van der Waals surface area (Å²) in [6.45, 7) is 0.883. The standard InChI is InChI=1S/C12H14N2O4/c1-18-11-6-2-5-10(12(11)14(16)17)13-7-3-4-9(15)8-13/h2,5-6H,3-4,7-8H2,1H3. The summed E-state index contributed by atoms with van der Waals surface area (Å²) in [5, 5.41) is 11.1. The van der Waals surface area contributed by atoms with E-state index >= 15 is 0 Å². The van der Waals surface area contributed by atoms with Crippen molar-refractivity contribution in [3.63, 3.8) is 0 Å². The third-order valence-electron chi connectivity index (χ3n) is 2.97. The van der Waals surface area contributed by atoms with Crippen molar-refractivity contribution >= 4 is 17.2 Å². The molecule has 0 unspecified atom stereocenters. The van der Waals surface area contributed by atoms with E-state index in [1.54, 1.807) is 23.1 Å². The van der Waals surface area contributed by atoms with Gasteiger partial charge in [0, 0.05) is 13.0 Å². The van der Waals surface area contributed by atoms with E-state index in [0.29, 0.717) is 18.7 Å². The Kier molecular flexibility index (Phi) is 3.45. The predicted octanol–water partition coefficient (Wildman–Crippen LogP) is 1.77. The molecule has 0 bridgehead atoms. The molecule has 2 rings (SSSR count). The first-order chi connectivity index (χ1) is 8.63. The number of hydrogen-bond acceptors (Lipinski definition) is 5. The quantitative estimate of drug-likeness (QED) is 0.604. The molecule has 0 aromatic heterocycles. The van der Waals surface area contributed by atoms with Gasteiger partial charge in [0.25, 0.3) is 0 Å². The van der Waals surface area contributed by atoms with Crippen LogP contribution in [0.15, 0.2) is 18.2 Å². The van der Waals surface area contributed by atoms with E-state index in [1.165, 1.54) is 7.11 Å². The van der Waals surface area contributed by atoms with E-state index in [4.69, 9.17) is 4.74 Å². The Labute approximate surface area is 104 Å². The Balaban J connectivity index is 2.43. The zero-order chi connectivity index (χ0) is 13.1. The number of nitrogens with zero attached hydrogens (tertiary/aromatic N) is 2. The molecule has 1 fully saturated rings. The third kappa shape index (κ3) is 2.27. The summed E-state index contributed by atoms with van der Waals surface area (Å²) < 4.78 is 5.01. The van der Waals surface area contributed by atoms with E-state index in [2.05, 4.69) is 0 Å². The lowest BCUT2D eigenvalue weighted by Gasteiger charge is -2.27. The van der Waals surface area contributed by atoms with Gasteiger partial charge in [-0.15, -0.1) is 0 Å². The molecular formula is C12H14N2O4. The highest BCUT2D eigenvalue weighted by molar-refractivity contribution is 5.86. The number of ketones is 1. The molecule has 0 saturated carbocycles. The summed E-state index contributed by atoms with van der Waals surface area (Å²) in [7, 11) is 1.40. The van der Waals surface area contributed by atoms with Crippen molar-refractivity contribution in [2.24, 2.45) is 0 Å². The minimum absolute atomic E-state index is 0.0744. The van der Waals surface area contributed by atoms with Crippen LogP contribution in [0.1, 0.15) is 12.8 Å². The lowest BCUT2D eigenvalue weighted by atomic mass is 10.1. The molecule has 1 aromatic carbocycles. The van der Waals surface area contributed by atoms with Crippen LogP contribution in [0.3, 0.4) is 0 Å². The molecule has 0 atom stereocenters. The van der Waals surface area contributed by atoms with Gasteiger partial charge < -0.3 is 9.64 Å². The van der Waals surface area contributed by atoms with Gasteiger partial charge in [-0.25, -0.2) is 0 Å². The average molecular weight is 250 g/mol. The maximum absolute atomic E-state index is 11.4. The highest BCUT2D eigenvalue weighted by atomic mass is 16.6. The summed E-state index contributed by atoms with van der Waals surface area (Å²) in [5.41, 5.74) is 0.377. The van der Waals surface area contributed by atoms with Gasteiger partial charge in [-0.05, 0) is 18.6 Å². The number of nitro benzene ring substituents is 1. The van der Waals surface area contributed by atoms with Gasteiger partial charge in [-0.1, -0.05) is 6.07 Å². The first kappa shape index (κ1) is 12.3. The molecule has 1 aliphatic heterocycles. The van der Waals surface area contributed by atoms with Crippen LogP contribution in [-0.4, -0.2) is 30.9 Å². The van der Waals surface area contributed by atoms with Gasteiger partial charge in [0.15, 0.2) is 11.5 Å². The zero-order valence-electron chi connectivity index (χ0n) is 10.1. The van der Waals surface area contributed by atoms with Gasteiger partial charge in [0.05, 0.1) is 18.6 Å². The number of carbonyl (C=O) groups excluding carboxylic acids is 1. The number of hydrogen-bond donors (Lipinski definition) is 0. The monoisotopic (exact) mass is 250 g/mol. The molecule has 96 valence electrons. The van der Waals surface area contributed by atoms with Crippen LogP contribution in [0.5, 0.6) is 5.75 Å². The molecule has 1 aromatic rings. The normalized spacial score (nSPS) is 15.6. The van der Waals surface area contributed by atoms with Crippen molar-refractivity contribution in [1.82, 2.24) is 0 Å². The first-order valence-electron chi connectivity index (χ1n) is 5.71. The maximum Gasteiger partial charge on any atom is 0.333 e. The van der Waals surface area contributed by atoms with Gasteiger partial charge in [-0.2, -0.15) is 0 Å². The molecule has 18 heavy (non-hydrogen) atoms. The molecule has 0 amide bonds. The lowest BCUT2D eigenvalue weighted by molar-refractivity contribution is -0.385. The molecule has 0 spiro atoms. The number of para-hydroxylation sites is 1. The molecular weight excluding hydrogens is 236 g/mol. The Morgan fingerprint density at radius 1 is 1.44 bits per heavy atom. The van der Waals surface area contributed by atoms with Crippen molar-refractivity contribution in [3.8, 4) is 5.75 Å². The molecule has 0 radical (unpaired) electrons. The number of anilines is 1. The van der Waals surface area contributed by atoms with Gasteiger partial charge in [-0.3, -0.25) is 14.9 Å². The van der Waals surface area contributed by atoms with Crippen LogP contribution in [0, 0.1) is 10.1 Å². The molecule has 0 N–H and O–H groups in total. The number of piperidine rings is 1. The van der Waals surface area contributed by atoms with Crippen LogP contribution in [0.2, 0.25) is 0 Å². The average Bonchev–Trinajstić information content (AvgIpc) is 2.37. The van der Waals surface area contributed by atoms with Crippen molar-refractivity contribution in [2.45, 2.75) is 12.8 Å². The number of rotatable bonds is 3. The molecule has 6 heteroatoms. The SMILES string of the molecule is COc1cccc(N2CCCC(=O)C2)c1[N+](=O)[O-]. The third-order valence-corrected chi connectivity index (χ3v) is 2.97. The van der Waals surface area contributed by atoms with E-state index in [9.17, 15) is 14.9 Å². The fraction of sp³-hybridized carbons (Fsp3) is 0.417. The Morgan fingerprint density at radius 3 is 2.83 bits per heavy atom. The number of ether oxygens (including phenoxy) is 1. The van der Waals surface area contributed by atoms with Crippen LogP contribution in [-0.2, 0) is 4.79 Å². The number of nitro groups is 1. The van der Waals surface area contributed by atoms with E-state index < -0.39 is 4.92 Å². The highest BCUT2D eigenvalue weighted by Crippen LogP contribution is 2.37. The first-order valence-corrected chi connectivity index (χ1v) is 5.71. The lowest BCUT2D eigenvalue weighted by Crippen LogP contribution is -2.35. The summed E-state index contributed by atoms with van der Waals surface area (Å²) in [4.78, 5) is 23.9. The predicted molar refractivity (Wildman–Crippen MR) is 66.1 cm³/mol. The van der Waals surface area contributed by atoms with Gasteiger partial charge in [0.2, 0.25) is 0 Å². The fourth-order valence-electron chi connectivity index (χ4n) is 2.16. The highest BCUT2D eigenvalue weighted by Gasteiger charge is 2.27. The second-order valence-corrected chi connectivity index (χ2v) is 4.15. The van der Waals surface area contributed by atoms with E-state index in [-0.39, 0.29) is 23.8 Å². The van der Waals surface area contributed by atoms with Crippen molar-refractivity contribution in [2.75, 3.05) is 25.1 Å². The number of carbonyl (C=O) groups is 1. The number of Topliss-reactive ketones (excluding diaryl/α,β-unsaturated/α-hetero) is 1. The fourth-order valence-corrected chi connectivity index (χ4v) is 2.16. The second-order valence-electron chi connectivity index (χ2n) is 4.15. The Hall–Kier alpha value is -2.11. The second kappa shape index (κ2) is 5.03. The van der Waals surface area contributed by atoms with Crippen molar-refractivity contribution in [3.05, 3.63) is 28.3 Å². The largest absolute Gasteiger partial charge is 0.490 e. The minimum atomic E-state index is -0.465. The molecule has 6 nitrogen and oxygen atoms in total. The maximum atomic E-state index is 11.4. The van der Waals surface area contributed by atoms with Crippen molar-refractivity contribution < 1.29 is 14.5 Å². The number of methoxy groups -OCH3 is 1. The topological polar surface area (TPSA) is 72.7 Å². The summed E-state index contributed by atoms with van der Waals surface area (Å²) in [6, 6.07) is 4.90. The van der Waals surface area contributed by atoms with Crippen LogP contribution in [0.4, 0.5) is 11.4 Å². The molecule has 0 aliphatic carbocycles. The Bertz CT molecular complexity index is 487. The minimum Gasteiger partial charge on any atom is -0.490 e. The van der Waals surface area contributed by atoms with Crippen molar-refractivity contribution in [1.29, 1.82) is 0 Å². The van der Waals surface area contributed by atoms with E-state index in [1.807, 2.05) is 0 Å². The van der Waals surface area contributed by atoms with Gasteiger partial charge in [0.1, 0.15) is 5.69 Å². The molecule has 1 heterocycles. The molecule has 1 aliphatic rings. The summed E-state index contributed by atoms with van der Waals surface area (Å²) in [6.07, 6.45) is 1.28. The smallest absolute Gasteiger partial charge is 0.333 e. The van der Waals surface area contributed by atoms with Crippen LogP contribution in [0.25, 0.3) is 0 Å². The van der Waals surface area contributed by atoms with Crippen LogP contribution < -0.4 is 9.64 Å². The van der Waals surface area contributed by atoms with Crippen LogP contribution >= 0.6 is 0 Å². The zero-order valence-corrected chi connectivity index (χ0v) is 10.1. The summed E-state index contributed by atoms with van der Waals surface area (Å²) in [5.74, 6) is 0.328. The molecule has 1 saturated heterocycles. The van der Waals surface area contributed by atoms with E-state index in [0.717, 1.165) is 6.42 Å². The summed E-state index contributed by atoms with van der Waals surface area (Å²) >= 11 is 0. The Morgan fingerprint density at radius 2 is 2.22 bits per heavy atom.